The molecule has 1 N–H and O–H groups in total. The van der Waals surface area contributed by atoms with Crippen molar-refractivity contribution in [3.63, 3.8) is 0 Å². The Labute approximate surface area is 114 Å². The molecule has 0 aliphatic rings. The van der Waals surface area contributed by atoms with Gasteiger partial charge in [-0.1, -0.05) is 54.1 Å². The zero-order chi connectivity index (χ0) is 12.8. The first-order chi connectivity index (χ1) is 8.81. The van der Waals surface area contributed by atoms with Gasteiger partial charge in [-0.05, 0) is 43.3 Å². The number of hydrogen-bond donors (Lipinski definition) is 1. The first-order valence-electron chi connectivity index (χ1n) is 6.26. The summed E-state index contributed by atoms with van der Waals surface area (Å²) in [5.41, 5.74) is 2.68. The van der Waals surface area contributed by atoms with Crippen LogP contribution in [0.25, 0.3) is 0 Å². The molecule has 0 saturated carbocycles. The minimum absolute atomic E-state index is 0.427. The van der Waals surface area contributed by atoms with Crippen molar-refractivity contribution in [2.45, 2.75) is 12.3 Å². The Balaban J connectivity index is 2.27. The molecule has 0 bridgehead atoms. The summed E-state index contributed by atoms with van der Waals surface area (Å²) < 4.78 is 0. The van der Waals surface area contributed by atoms with Crippen molar-refractivity contribution in [1.82, 2.24) is 5.32 Å². The average Bonchev–Trinajstić information content (AvgIpc) is 2.42. The second kappa shape index (κ2) is 6.58. The van der Waals surface area contributed by atoms with Crippen LogP contribution in [0.1, 0.15) is 23.5 Å². The summed E-state index contributed by atoms with van der Waals surface area (Å²) in [7, 11) is 1.99. The summed E-state index contributed by atoms with van der Waals surface area (Å²) in [5, 5.41) is 4.01. The highest BCUT2D eigenvalue weighted by molar-refractivity contribution is 6.30. The van der Waals surface area contributed by atoms with E-state index in [0.717, 1.165) is 18.0 Å². The third-order valence-corrected chi connectivity index (χ3v) is 3.41. The first kappa shape index (κ1) is 13.1. The van der Waals surface area contributed by atoms with Gasteiger partial charge in [0.25, 0.3) is 0 Å². The Morgan fingerprint density at radius 1 is 0.944 bits per heavy atom. The Bertz CT molecular complexity index is 464. The van der Waals surface area contributed by atoms with E-state index >= 15 is 0 Å². The van der Waals surface area contributed by atoms with Crippen LogP contribution in [0.15, 0.2) is 54.6 Å². The van der Waals surface area contributed by atoms with Gasteiger partial charge < -0.3 is 5.32 Å². The van der Waals surface area contributed by atoms with Gasteiger partial charge in [0.1, 0.15) is 0 Å². The van der Waals surface area contributed by atoms with Gasteiger partial charge in [0.15, 0.2) is 0 Å². The third-order valence-electron chi connectivity index (χ3n) is 3.16. The molecule has 0 aliphatic carbocycles. The SMILES string of the molecule is CNCCC(c1ccccc1)c1ccc(Cl)cc1. The highest BCUT2D eigenvalue weighted by Gasteiger charge is 2.13. The quantitative estimate of drug-likeness (QED) is 0.853. The number of hydrogen-bond acceptors (Lipinski definition) is 1. The Morgan fingerprint density at radius 3 is 2.17 bits per heavy atom. The van der Waals surface area contributed by atoms with Crippen molar-refractivity contribution in [2.75, 3.05) is 13.6 Å². The maximum Gasteiger partial charge on any atom is 0.0406 e. The van der Waals surface area contributed by atoms with E-state index in [1.165, 1.54) is 11.1 Å². The van der Waals surface area contributed by atoms with Gasteiger partial charge >= 0.3 is 0 Å². The highest BCUT2D eigenvalue weighted by Crippen LogP contribution is 2.28. The van der Waals surface area contributed by atoms with Crippen LogP contribution in [0.5, 0.6) is 0 Å². The second-order valence-corrected chi connectivity index (χ2v) is 4.84. The van der Waals surface area contributed by atoms with E-state index in [2.05, 4.69) is 47.8 Å². The largest absolute Gasteiger partial charge is 0.320 e. The van der Waals surface area contributed by atoms with Crippen LogP contribution in [-0.2, 0) is 0 Å². The Morgan fingerprint density at radius 2 is 1.56 bits per heavy atom. The van der Waals surface area contributed by atoms with Gasteiger partial charge in [0, 0.05) is 10.9 Å². The maximum absolute atomic E-state index is 5.95. The van der Waals surface area contributed by atoms with Crippen molar-refractivity contribution < 1.29 is 0 Å². The topological polar surface area (TPSA) is 12.0 Å². The lowest BCUT2D eigenvalue weighted by Gasteiger charge is -2.18. The van der Waals surface area contributed by atoms with Gasteiger partial charge in [0.2, 0.25) is 0 Å². The number of benzene rings is 2. The molecule has 0 spiro atoms. The van der Waals surface area contributed by atoms with Crippen LogP contribution < -0.4 is 5.32 Å². The van der Waals surface area contributed by atoms with Crippen molar-refractivity contribution in [2.24, 2.45) is 0 Å². The minimum Gasteiger partial charge on any atom is -0.320 e. The summed E-state index contributed by atoms with van der Waals surface area (Å²) in [5.74, 6) is 0.427. The summed E-state index contributed by atoms with van der Waals surface area (Å²) in [6, 6.07) is 18.8. The molecule has 2 rings (SSSR count). The first-order valence-corrected chi connectivity index (χ1v) is 6.64. The van der Waals surface area contributed by atoms with Crippen LogP contribution >= 0.6 is 11.6 Å². The van der Waals surface area contributed by atoms with Gasteiger partial charge in [0.05, 0.1) is 0 Å². The zero-order valence-electron chi connectivity index (χ0n) is 10.6. The Hall–Kier alpha value is -1.31. The van der Waals surface area contributed by atoms with Crippen molar-refractivity contribution >= 4 is 11.6 Å². The van der Waals surface area contributed by atoms with Crippen LogP contribution in [0.3, 0.4) is 0 Å². The maximum atomic E-state index is 5.95. The molecule has 0 saturated heterocycles. The third kappa shape index (κ3) is 3.34. The van der Waals surface area contributed by atoms with Gasteiger partial charge in [-0.2, -0.15) is 0 Å². The molecule has 0 fully saturated rings. The summed E-state index contributed by atoms with van der Waals surface area (Å²) >= 11 is 5.95. The standard InChI is InChI=1S/C16H18ClN/c1-18-12-11-16(13-5-3-2-4-6-13)14-7-9-15(17)10-8-14/h2-10,16,18H,11-12H2,1H3. The van der Waals surface area contributed by atoms with Gasteiger partial charge in [-0.15, -0.1) is 0 Å². The lowest BCUT2D eigenvalue weighted by Crippen LogP contribution is -2.13. The zero-order valence-corrected chi connectivity index (χ0v) is 11.3. The van der Waals surface area contributed by atoms with E-state index in [1.807, 2.05) is 19.2 Å². The van der Waals surface area contributed by atoms with E-state index in [-0.39, 0.29) is 0 Å². The van der Waals surface area contributed by atoms with Crippen LogP contribution in [-0.4, -0.2) is 13.6 Å². The van der Waals surface area contributed by atoms with Crippen molar-refractivity contribution in [3.05, 3.63) is 70.7 Å². The molecular weight excluding hydrogens is 242 g/mol. The molecule has 1 nitrogen and oxygen atoms in total. The normalized spacial score (nSPS) is 12.3. The van der Waals surface area contributed by atoms with Crippen molar-refractivity contribution in [3.8, 4) is 0 Å². The summed E-state index contributed by atoms with van der Waals surface area (Å²) in [6.45, 7) is 1.00. The molecule has 0 aliphatic heterocycles. The fourth-order valence-electron chi connectivity index (χ4n) is 2.19. The molecule has 2 aromatic carbocycles. The van der Waals surface area contributed by atoms with E-state index < -0.39 is 0 Å². The molecule has 0 heterocycles. The average molecular weight is 260 g/mol. The fourth-order valence-corrected chi connectivity index (χ4v) is 2.32. The molecule has 1 unspecified atom stereocenters. The van der Waals surface area contributed by atoms with Crippen LogP contribution in [0.4, 0.5) is 0 Å². The van der Waals surface area contributed by atoms with Gasteiger partial charge in [-0.3, -0.25) is 0 Å². The number of halogens is 1. The van der Waals surface area contributed by atoms with Crippen molar-refractivity contribution in [1.29, 1.82) is 0 Å². The molecule has 18 heavy (non-hydrogen) atoms. The van der Waals surface area contributed by atoms with Gasteiger partial charge in [-0.25, -0.2) is 0 Å². The molecule has 1 atom stereocenters. The lowest BCUT2D eigenvalue weighted by atomic mass is 9.88. The fraction of sp³-hybridized carbons (Fsp3) is 0.250. The lowest BCUT2D eigenvalue weighted by molar-refractivity contribution is 0.662. The molecule has 0 radical (unpaired) electrons. The summed E-state index contributed by atoms with van der Waals surface area (Å²) in [4.78, 5) is 0. The predicted octanol–water partition coefficient (Wildman–Crippen LogP) is 4.08. The van der Waals surface area contributed by atoms with E-state index in [9.17, 15) is 0 Å². The number of rotatable bonds is 5. The van der Waals surface area contributed by atoms with E-state index in [4.69, 9.17) is 11.6 Å². The van der Waals surface area contributed by atoms with E-state index in [1.54, 1.807) is 0 Å². The molecular formula is C16H18ClN. The molecule has 94 valence electrons. The number of nitrogens with one attached hydrogen (secondary N) is 1. The monoisotopic (exact) mass is 259 g/mol. The molecule has 0 aromatic heterocycles. The second-order valence-electron chi connectivity index (χ2n) is 4.41. The van der Waals surface area contributed by atoms with Crippen LogP contribution in [0.2, 0.25) is 5.02 Å². The van der Waals surface area contributed by atoms with Crippen LogP contribution in [0, 0.1) is 0 Å². The Kier molecular flexibility index (Phi) is 4.80. The molecule has 2 heteroatoms. The smallest absolute Gasteiger partial charge is 0.0406 e. The molecule has 2 aromatic rings. The minimum atomic E-state index is 0.427. The predicted molar refractivity (Wildman–Crippen MR) is 78.3 cm³/mol. The molecule has 0 amide bonds. The van der Waals surface area contributed by atoms with E-state index in [0.29, 0.717) is 5.92 Å². The summed E-state index contributed by atoms with van der Waals surface area (Å²) in [6.07, 6.45) is 1.09. The highest BCUT2D eigenvalue weighted by atomic mass is 35.5.